The van der Waals surface area contributed by atoms with Crippen molar-refractivity contribution in [1.29, 1.82) is 0 Å². The molecular weight excluding hydrogens is 972 g/mol. The quantitative estimate of drug-likeness (QED) is 0.0649. The highest BCUT2D eigenvalue weighted by Gasteiger charge is 2.91. The molecule has 0 amide bonds. The lowest BCUT2D eigenvalue weighted by Gasteiger charge is -2.64. The van der Waals surface area contributed by atoms with E-state index in [9.17, 15) is 76.0 Å². The van der Waals surface area contributed by atoms with Crippen LogP contribution in [-0.2, 0) is 42.7 Å². The molecule has 13 atom stereocenters. The molecule has 4 aromatic rings. The third-order valence-electron chi connectivity index (χ3n) is 14.4. The van der Waals surface area contributed by atoms with Crippen molar-refractivity contribution < 1.29 is 133 Å². The van der Waals surface area contributed by atoms with E-state index in [1.807, 2.05) is 0 Å². The standard InChI is InChI=1S/C45H36O27/c46-14-4-12(5-15(47)27(14)52)37(57)69-39-34-33(32-22(66-39)10-63-20-6-16(48)28(53)30(55)25(20)26-21(65-32)7-17(49)29(54)31(26)56)67-38(58)13-2-1-3-19-24(13)35-41(40(59)68-34)8-23(51)44(61,45(35,62)70-19)72-43(41)11-42(60)36(71-43)18(50)9-64-42/h1-7,18,22,32-36,39,46-50,52-56,60-62H,8-11H2/t18-,22+,32+,33-,34+,35-,36-,39-,41+,42-,43-,44-,45-/m0/s1. The minimum absolute atomic E-state index is 0.415. The van der Waals surface area contributed by atoms with Gasteiger partial charge in [-0.3, -0.25) is 9.59 Å². The lowest BCUT2D eigenvalue weighted by atomic mass is 9.52. The van der Waals surface area contributed by atoms with Crippen molar-refractivity contribution in [1.82, 2.24) is 0 Å². The topological polar surface area (TPSA) is 424 Å². The predicted molar refractivity (Wildman–Crippen MR) is 218 cm³/mol. The van der Waals surface area contributed by atoms with E-state index in [0.717, 1.165) is 12.1 Å². The summed E-state index contributed by atoms with van der Waals surface area (Å²) in [4.78, 5) is 59.4. The number of carbonyl (C=O) groups excluding carboxylic acids is 4. The number of hydrogen-bond acceptors (Lipinski definition) is 27. The van der Waals surface area contributed by atoms with Crippen molar-refractivity contribution in [3.8, 4) is 80.1 Å². The zero-order valence-electron chi connectivity index (χ0n) is 36.0. The number of phenolic OH excluding ortho intramolecular Hbond substituents is 9. The zero-order valence-corrected chi connectivity index (χ0v) is 36.0. The van der Waals surface area contributed by atoms with Gasteiger partial charge in [-0.25, -0.2) is 9.59 Å². The van der Waals surface area contributed by atoms with Crippen molar-refractivity contribution in [2.24, 2.45) is 5.41 Å². The molecule has 0 aromatic heterocycles. The maximum Gasteiger partial charge on any atom is 0.340 e. The molecule has 1 saturated carbocycles. The largest absolute Gasteiger partial charge is 0.504 e. The van der Waals surface area contributed by atoms with Gasteiger partial charge in [-0.1, -0.05) is 6.07 Å². The van der Waals surface area contributed by atoms with E-state index in [1.165, 1.54) is 12.1 Å². The summed E-state index contributed by atoms with van der Waals surface area (Å²) in [5.41, 5.74) is -6.06. The van der Waals surface area contributed by atoms with Gasteiger partial charge in [-0.05, 0) is 24.3 Å². The highest BCUT2D eigenvalue weighted by molar-refractivity contribution is 6.00. The van der Waals surface area contributed by atoms with Gasteiger partial charge in [0.2, 0.25) is 23.9 Å². The number of aliphatic hydroxyl groups excluding tert-OH is 1. The van der Waals surface area contributed by atoms with Crippen molar-refractivity contribution in [3.05, 3.63) is 59.2 Å². The molecule has 13 N–H and O–H groups in total. The number of rotatable bonds is 2. The highest BCUT2D eigenvalue weighted by Crippen LogP contribution is 2.74. The third kappa shape index (κ3) is 5.60. The van der Waals surface area contributed by atoms with Crippen LogP contribution in [0.25, 0.3) is 11.1 Å². The van der Waals surface area contributed by atoms with Crippen molar-refractivity contribution >= 4 is 23.7 Å². The molecule has 5 saturated heterocycles. The molecule has 8 aliphatic heterocycles. The molecule has 4 aromatic carbocycles. The second-order valence-corrected chi connectivity index (χ2v) is 18.3. The van der Waals surface area contributed by atoms with Crippen LogP contribution in [0, 0.1) is 5.41 Å². The summed E-state index contributed by atoms with van der Waals surface area (Å²) in [7, 11) is 0. The number of Topliss-reactive ketones (excluding diaryl/α,β-unsaturated/α-hetero) is 1. The third-order valence-corrected chi connectivity index (χ3v) is 14.4. The number of benzene rings is 4. The molecule has 0 radical (unpaired) electrons. The van der Waals surface area contributed by atoms with Crippen LogP contribution in [0.4, 0.5) is 0 Å². The molecule has 2 spiro atoms. The Morgan fingerprint density at radius 2 is 1.36 bits per heavy atom. The van der Waals surface area contributed by atoms with Crippen LogP contribution in [0.3, 0.4) is 0 Å². The first-order valence-corrected chi connectivity index (χ1v) is 21.6. The predicted octanol–water partition coefficient (Wildman–Crippen LogP) is -1.02. The van der Waals surface area contributed by atoms with Gasteiger partial charge in [0.25, 0.3) is 11.6 Å². The Kier molecular flexibility index (Phi) is 9.10. The lowest BCUT2D eigenvalue weighted by Crippen LogP contribution is -2.84. The molecule has 9 aliphatic rings. The van der Waals surface area contributed by atoms with Crippen LogP contribution in [-0.4, -0.2) is 169 Å². The molecule has 72 heavy (non-hydrogen) atoms. The molecule has 1 aliphatic carbocycles. The summed E-state index contributed by atoms with van der Waals surface area (Å²) >= 11 is 0. The van der Waals surface area contributed by atoms with Crippen LogP contribution >= 0.6 is 0 Å². The summed E-state index contributed by atoms with van der Waals surface area (Å²) in [5.74, 6) is -32.2. The van der Waals surface area contributed by atoms with E-state index in [-0.39, 0.29) is 0 Å². The van der Waals surface area contributed by atoms with Gasteiger partial charge in [-0.15, -0.1) is 0 Å². The van der Waals surface area contributed by atoms with Crippen LogP contribution in [0.2, 0.25) is 0 Å². The van der Waals surface area contributed by atoms with Crippen molar-refractivity contribution in [2.45, 2.75) is 84.8 Å². The molecule has 6 fully saturated rings. The Hall–Kier alpha value is -7.76. The highest BCUT2D eigenvalue weighted by atomic mass is 16.8. The molecule has 0 unspecified atom stereocenters. The number of hydrogen-bond donors (Lipinski definition) is 13. The number of aliphatic hydroxyl groups is 4. The summed E-state index contributed by atoms with van der Waals surface area (Å²) in [6.07, 6.45) is -16.7. The van der Waals surface area contributed by atoms with Gasteiger partial charge in [0.1, 0.15) is 47.6 Å². The van der Waals surface area contributed by atoms with Gasteiger partial charge in [0, 0.05) is 24.1 Å². The normalized spacial score (nSPS) is 36.5. The number of ketones is 1. The number of ether oxygens (including phenoxy) is 10. The molecule has 13 rings (SSSR count). The SMILES string of the molecule is O=C(O[C@@H]1O[C@@H]2COc3cc(O)c(O)c(O)c3-c3c(cc(O)c(O)c3O)O[C@H]2[C@@H]2OC(=O)c3cccc4c3[C@@H]3[C@](O)(O4)[C@@]4(O)O[C@@]5(C[C@]6(O)OC[C@H](O)[C@@H]6O5)[C@@]3(CC4=O)C(=O)O[C@@H]12)c1cc(O)c(O)c(O)c1. The molecule has 27 heteroatoms. The van der Waals surface area contributed by atoms with Crippen molar-refractivity contribution in [3.63, 3.8) is 0 Å². The average molecular weight is 1010 g/mol. The van der Waals surface area contributed by atoms with Gasteiger partial charge < -0.3 is 114 Å². The Morgan fingerprint density at radius 1 is 0.708 bits per heavy atom. The van der Waals surface area contributed by atoms with Crippen molar-refractivity contribution in [2.75, 3.05) is 13.2 Å². The summed E-state index contributed by atoms with van der Waals surface area (Å²) in [5, 5.41) is 143. The lowest BCUT2D eigenvalue weighted by molar-refractivity contribution is -0.479. The fraction of sp³-hybridized carbons (Fsp3) is 0.378. The number of phenols is 9. The Labute approximate surface area is 398 Å². The molecule has 27 nitrogen and oxygen atoms in total. The first-order valence-electron chi connectivity index (χ1n) is 21.6. The van der Waals surface area contributed by atoms with Gasteiger partial charge in [-0.2, -0.15) is 0 Å². The van der Waals surface area contributed by atoms with E-state index in [4.69, 9.17) is 47.4 Å². The van der Waals surface area contributed by atoms with Gasteiger partial charge >= 0.3 is 17.9 Å². The fourth-order valence-electron chi connectivity index (χ4n) is 11.2. The molecule has 378 valence electrons. The maximum atomic E-state index is 15.9. The fourth-order valence-corrected chi connectivity index (χ4v) is 11.2. The Bertz CT molecular complexity index is 3120. The Balaban J connectivity index is 1.08. The Morgan fingerprint density at radius 3 is 2.04 bits per heavy atom. The first kappa shape index (κ1) is 45.4. The summed E-state index contributed by atoms with van der Waals surface area (Å²) < 4.78 is 60.2. The maximum absolute atomic E-state index is 15.9. The van der Waals surface area contributed by atoms with E-state index in [0.29, 0.717) is 18.2 Å². The van der Waals surface area contributed by atoms with E-state index < -0.39 is 224 Å². The smallest absolute Gasteiger partial charge is 0.340 e. The molecular formula is C45H36O27. The average Bonchev–Trinajstić information content (AvgIpc) is 3.93. The van der Waals surface area contributed by atoms with E-state index >= 15 is 9.59 Å². The monoisotopic (exact) mass is 1010 g/mol. The number of aromatic hydroxyl groups is 9. The van der Waals surface area contributed by atoms with Crippen LogP contribution in [0.5, 0.6) is 69.0 Å². The minimum atomic E-state index is -3.48. The molecule has 8 heterocycles. The van der Waals surface area contributed by atoms with Gasteiger partial charge in [0.05, 0.1) is 41.2 Å². The minimum Gasteiger partial charge on any atom is -0.504 e. The summed E-state index contributed by atoms with van der Waals surface area (Å²) in [6.45, 7) is -1.42. The number of esters is 3. The van der Waals surface area contributed by atoms with Crippen LogP contribution in [0.15, 0.2) is 42.5 Å². The number of carbonyl (C=O) groups is 4. The second-order valence-electron chi connectivity index (χ2n) is 18.3. The van der Waals surface area contributed by atoms with Crippen LogP contribution < -0.4 is 14.2 Å². The number of fused-ring (bicyclic) bond motifs is 8. The summed E-state index contributed by atoms with van der Waals surface area (Å²) in [6, 6.07) is 6.24. The second kappa shape index (κ2) is 14.4. The van der Waals surface area contributed by atoms with Gasteiger partial charge in [0.15, 0.2) is 69.8 Å². The van der Waals surface area contributed by atoms with Crippen LogP contribution in [0.1, 0.15) is 45.0 Å². The van der Waals surface area contributed by atoms with E-state index in [2.05, 4.69) is 0 Å². The first-order chi connectivity index (χ1) is 34.0. The van der Waals surface area contributed by atoms with E-state index in [1.54, 1.807) is 0 Å². The zero-order chi connectivity index (χ0) is 51.1. The molecule has 2 bridgehead atoms.